The maximum absolute atomic E-state index is 12.1. The van der Waals surface area contributed by atoms with Crippen molar-refractivity contribution in [3.05, 3.63) is 64.1 Å². The van der Waals surface area contributed by atoms with Gasteiger partial charge in [-0.3, -0.25) is 9.59 Å². The highest BCUT2D eigenvalue weighted by atomic mass is 35.5. The van der Waals surface area contributed by atoms with Gasteiger partial charge in [0.25, 0.3) is 0 Å². The van der Waals surface area contributed by atoms with Gasteiger partial charge >= 0.3 is 11.8 Å². The number of hydrogen-bond acceptors (Lipinski definition) is 6. The molecule has 164 valence electrons. The minimum absolute atomic E-state index is 0.310. The molecule has 2 aromatic heterocycles. The minimum Gasteiger partial charge on any atom is -0.497 e. The Kier molecular flexibility index (Phi) is 6.38. The first-order valence-corrected chi connectivity index (χ1v) is 11.0. The summed E-state index contributed by atoms with van der Waals surface area (Å²) in [6.07, 6.45) is 0.560. The lowest BCUT2D eigenvalue weighted by molar-refractivity contribution is -0.136. The number of carbonyl (C=O) groups excluding carboxylic acids is 2. The Labute approximate surface area is 193 Å². The summed E-state index contributed by atoms with van der Waals surface area (Å²) in [4.78, 5) is 30.6. The molecule has 0 fully saturated rings. The van der Waals surface area contributed by atoms with Crippen LogP contribution in [0.15, 0.2) is 48.5 Å². The third-order valence-corrected chi connectivity index (χ3v) is 6.35. The van der Waals surface area contributed by atoms with Crippen LogP contribution in [0.4, 0.5) is 5.69 Å². The second kappa shape index (κ2) is 9.37. The number of methoxy groups -OCH3 is 1. The molecule has 0 unspecified atom stereocenters. The Hall–Kier alpha value is -3.43. The highest BCUT2D eigenvalue weighted by Crippen LogP contribution is 2.26. The quantitative estimate of drug-likeness (QED) is 0.419. The predicted molar refractivity (Wildman–Crippen MR) is 124 cm³/mol. The largest absolute Gasteiger partial charge is 0.497 e. The van der Waals surface area contributed by atoms with Crippen molar-refractivity contribution in [2.75, 3.05) is 19.0 Å². The van der Waals surface area contributed by atoms with Crippen LogP contribution in [0.5, 0.6) is 5.75 Å². The van der Waals surface area contributed by atoms with Gasteiger partial charge in [0.1, 0.15) is 5.75 Å². The average molecular weight is 470 g/mol. The van der Waals surface area contributed by atoms with E-state index < -0.39 is 11.8 Å². The maximum atomic E-state index is 12.1. The normalized spacial score (nSPS) is 10.8. The van der Waals surface area contributed by atoms with E-state index >= 15 is 0 Å². The van der Waals surface area contributed by atoms with Crippen molar-refractivity contribution in [3.63, 3.8) is 0 Å². The number of hydrogen-bond donors (Lipinski definition) is 2. The molecule has 32 heavy (non-hydrogen) atoms. The molecule has 0 aliphatic rings. The fraction of sp³-hybridized carbons (Fsp3) is 0.182. The number of thiazole rings is 1. The Morgan fingerprint density at radius 1 is 1.12 bits per heavy atom. The van der Waals surface area contributed by atoms with Crippen LogP contribution in [0, 0.1) is 6.92 Å². The van der Waals surface area contributed by atoms with Crippen LogP contribution in [0.3, 0.4) is 0 Å². The molecule has 4 aromatic rings. The first-order chi connectivity index (χ1) is 15.5. The molecule has 0 aliphatic carbocycles. The first kappa shape index (κ1) is 21.8. The lowest BCUT2D eigenvalue weighted by Gasteiger charge is -2.07. The summed E-state index contributed by atoms with van der Waals surface area (Å²) in [6.45, 7) is 2.27. The van der Waals surface area contributed by atoms with Gasteiger partial charge in [-0.25, -0.2) is 4.52 Å². The molecule has 0 atom stereocenters. The third-order valence-electron chi connectivity index (χ3n) is 4.83. The number of ether oxygens (including phenoxy) is 1. The molecule has 2 N–H and O–H groups in total. The number of anilines is 1. The van der Waals surface area contributed by atoms with Crippen molar-refractivity contribution in [3.8, 4) is 17.1 Å². The number of nitrogens with zero attached hydrogens (tertiary/aromatic N) is 3. The standard InChI is InChI=1S/C22H20ClN5O3S/c1-13-18(11-12-24-20(29)21(30)25-17-6-4-3-5-16(17)23)32-22-26-19(27-28(13)22)14-7-9-15(31-2)10-8-14/h3-10H,11-12H2,1-2H3,(H,24,29)(H,25,30). The van der Waals surface area contributed by atoms with Gasteiger partial charge in [-0.2, -0.15) is 4.98 Å². The summed E-state index contributed by atoms with van der Waals surface area (Å²) in [6, 6.07) is 14.3. The van der Waals surface area contributed by atoms with E-state index in [0.717, 1.165) is 26.8 Å². The molecule has 4 rings (SSSR count). The number of aryl methyl sites for hydroxylation is 1. The van der Waals surface area contributed by atoms with Gasteiger partial charge in [-0.15, -0.1) is 5.10 Å². The van der Waals surface area contributed by atoms with E-state index in [9.17, 15) is 9.59 Å². The molecular formula is C22H20ClN5O3S. The fourth-order valence-corrected chi connectivity index (χ4v) is 4.33. The molecule has 8 nitrogen and oxygen atoms in total. The summed E-state index contributed by atoms with van der Waals surface area (Å²) in [7, 11) is 1.62. The number of nitrogens with one attached hydrogen (secondary N) is 2. The van der Waals surface area contributed by atoms with Gasteiger partial charge in [-0.05, 0) is 43.3 Å². The minimum atomic E-state index is -0.762. The van der Waals surface area contributed by atoms with Crippen molar-refractivity contribution in [2.24, 2.45) is 0 Å². The summed E-state index contributed by atoms with van der Waals surface area (Å²) in [5, 5.41) is 10.1. The van der Waals surface area contributed by atoms with E-state index in [1.54, 1.807) is 35.9 Å². The monoisotopic (exact) mass is 469 g/mol. The predicted octanol–water partition coefficient (Wildman–Crippen LogP) is 3.73. The molecule has 2 amide bonds. The number of carbonyl (C=O) groups is 2. The van der Waals surface area contributed by atoms with Crippen LogP contribution in [0.1, 0.15) is 10.6 Å². The number of rotatable bonds is 6. The van der Waals surface area contributed by atoms with Gasteiger partial charge in [0, 0.05) is 23.4 Å². The lowest BCUT2D eigenvalue weighted by Crippen LogP contribution is -2.36. The summed E-state index contributed by atoms with van der Waals surface area (Å²) in [5.74, 6) is -0.0700. The molecule has 0 spiro atoms. The van der Waals surface area contributed by atoms with Crippen LogP contribution in [0.25, 0.3) is 16.3 Å². The van der Waals surface area contributed by atoms with Crippen LogP contribution in [-0.2, 0) is 16.0 Å². The van der Waals surface area contributed by atoms with Gasteiger partial charge in [0.15, 0.2) is 5.82 Å². The number of benzene rings is 2. The van der Waals surface area contributed by atoms with Crippen LogP contribution in [0.2, 0.25) is 5.02 Å². The number of halogens is 1. The average Bonchev–Trinajstić information content (AvgIpc) is 3.34. The molecule has 0 radical (unpaired) electrons. The molecular weight excluding hydrogens is 450 g/mol. The van der Waals surface area contributed by atoms with Gasteiger partial charge < -0.3 is 15.4 Å². The second-order valence-corrected chi connectivity index (χ2v) is 8.38. The number of fused-ring (bicyclic) bond motifs is 1. The molecule has 2 aromatic carbocycles. The number of amides is 2. The molecule has 0 bridgehead atoms. The molecule has 2 heterocycles. The lowest BCUT2D eigenvalue weighted by atomic mass is 10.2. The van der Waals surface area contributed by atoms with Crippen molar-refractivity contribution in [1.29, 1.82) is 0 Å². The fourth-order valence-electron chi connectivity index (χ4n) is 3.09. The summed E-state index contributed by atoms with van der Waals surface area (Å²) in [5.41, 5.74) is 2.25. The maximum Gasteiger partial charge on any atom is 0.313 e. The second-order valence-electron chi connectivity index (χ2n) is 6.91. The van der Waals surface area contributed by atoms with Crippen molar-refractivity contribution >= 4 is 45.4 Å². The highest BCUT2D eigenvalue weighted by Gasteiger charge is 2.17. The molecule has 0 saturated heterocycles. The van der Waals surface area contributed by atoms with Crippen LogP contribution in [-0.4, -0.2) is 40.1 Å². The smallest absolute Gasteiger partial charge is 0.313 e. The summed E-state index contributed by atoms with van der Waals surface area (Å²) < 4.78 is 6.98. The van der Waals surface area contributed by atoms with Crippen LogP contribution < -0.4 is 15.4 Å². The molecule has 10 heteroatoms. The van der Waals surface area contributed by atoms with Gasteiger partial charge in [0.2, 0.25) is 4.96 Å². The van der Waals surface area contributed by atoms with E-state index in [0.29, 0.717) is 29.5 Å². The summed E-state index contributed by atoms with van der Waals surface area (Å²) >= 11 is 7.51. The number of aromatic nitrogens is 3. The number of para-hydroxylation sites is 1. The van der Waals surface area contributed by atoms with E-state index in [4.69, 9.17) is 16.3 Å². The Morgan fingerprint density at radius 2 is 1.88 bits per heavy atom. The highest BCUT2D eigenvalue weighted by molar-refractivity contribution is 7.17. The topological polar surface area (TPSA) is 97.6 Å². The van der Waals surface area contributed by atoms with Crippen molar-refractivity contribution in [1.82, 2.24) is 19.9 Å². The zero-order chi connectivity index (χ0) is 22.7. The Bertz CT molecular complexity index is 1280. The van der Waals surface area contributed by atoms with Crippen LogP contribution >= 0.6 is 22.9 Å². The first-order valence-electron chi connectivity index (χ1n) is 9.79. The van der Waals surface area contributed by atoms with E-state index in [1.807, 2.05) is 31.2 Å². The zero-order valence-electron chi connectivity index (χ0n) is 17.4. The van der Waals surface area contributed by atoms with Gasteiger partial charge in [0.05, 0.1) is 23.5 Å². The SMILES string of the molecule is COc1ccc(-c2nc3sc(CCNC(=O)C(=O)Nc4ccccc4Cl)c(C)n3n2)cc1. The Morgan fingerprint density at radius 3 is 2.56 bits per heavy atom. The Balaban J connectivity index is 1.36. The van der Waals surface area contributed by atoms with Crippen molar-refractivity contribution < 1.29 is 14.3 Å². The van der Waals surface area contributed by atoms with Gasteiger partial charge in [-0.1, -0.05) is 35.1 Å². The third kappa shape index (κ3) is 4.58. The van der Waals surface area contributed by atoms with Crippen molar-refractivity contribution in [2.45, 2.75) is 13.3 Å². The zero-order valence-corrected chi connectivity index (χ0v) is 19.0. The van der Waals surface area contributed by atoms with E-state index in [-0.39, 0.29) is 0 Å². The molecule has 0 aliphatic heterocycles. The van der Waals surface area contributed by atoms with E-state index in [2.05, 4.69) is 20.7 Å². The van der Waals surface area contributed by atoms with E-state index in [1.165, 1.54) is 11.3 Å². The molecule has 0 saturated carbocycles.